The highest BCUT2D eigenvalue weighted by Gasteiger charge is 2.34. The summed E-state index contributed by atoms with van der Waals surface area (Å²) in [7, 11) is 0. The van der Waals surface area contributed by atoms with Gasteiger partial charge >= 0.3 is 0 Å². The van der Waals surface area contributed by atoms with Crippen molar-refractivity contribution < 1.29 is 14.3 Å². The summed E-state index contributed by atoms with van der Waals surface area (Å²) in [6, 6.07) is 13.0. The molecule has 1 aliphatic heterocycles. The molecule has 4 rings (SSSR count). The van der Waals surface area contributed by atoms with Crippen LogP contribution in [0.2, 0.25) is 0 Å². The van der Waals surface area contributed by atoms with E-state index in [1.54, 1.807) is 16.8 Å². The Balaban J connectivity index is 1.38. The van der Waals surface area contributed by atoms with Crippen LogP contribution in [0.3, 0.4) is 0 Å². The SMILES string of the molecule is Cc1cc(C)n(-c2ccc(OCC(=O)N[C@@H]3CC(C)(C)Oc4ccccc43)nn2)n1. The van der Waals surface area contributed by atoms with Gasteiger partial charge in [-0.15, -0.1) is 10.2 Å². The molecule has 0 unspecified atom stereocenters. The molecule has 30 heavy (non-hydrogen) atoms. The summed E-state index contributed by atoms with van der Waals surface area (Å²) in [5, 5.41) is 15.6. The van der Waals surface area contributed by atoms with E-state index in [1.165, 1.54) is 0 Å². The molecule has 3 heterocycles. The third-order valence-electron chi connectivity index (χ3n) is 4.92. The number of nitrogens with one attached hydrogen (secondary N) is 1. The van der Waals surface area contributed by atoms with Crippen LogP contribution in [0.5, 0.6) is 11.6 Å². The number of carbonyl (C=O) groups is 1. The first-order valence-corrected chi connectivity index (χ1v) is 9.88. The Morgan fingerprint density at radius 3 is 2.73 bits per heavy atom. The van der Waals surface area contributed by atoms with Crippen molar-refractivity contribution in [1.82, 2.24) is 25.3 Å². The minimum atomic E-state index is -0.364. The Kier molecular flexibility index (Phi) is 5.15. The summed E-state index contributed by atoms with van der Waals surface area (Å²) >= 11 is 0. The van der Waals surface area contributed by atoms with Gasteiger partial charge < -0.3 is 14.8 Å². The van der Waals surface area contributed by atoms with Crippen molar-refractivity contribution >= 4 is 5.91 Å². The maximum absolute atomic E-state index is 12.5. The molecule has 0 bridgehead atoms. The number of benzene rings is 1. The molecule has 0 fully saturated rings. The predicted molar refractivity (Wildman–Crippen MR) is 111 cm³/mol. The van der Waals surface area contributed by atoms with Crippen molar-refractivity contribution in [2.75, 3.05) is 6.61 Å². The van der Waals surface area contributed by atoms with Gasteiger partial charge in [-0.25, -0.2) is 4.68 Å². The number of carbonyl (C=O) groups excluding carboxylic acids is 1. The Labute approximate surface area is 175 Å². The average molecular weight is 407 g/mol. The first-order chi connectivity index (χ1) is 14.3. The lowest BCUT2D eigenvalue weighted by Gasteiger charge is -2.37. The number of ether oxygens (including phenoxy) is 2. The molecule has 0 radical (unpaired) electrons. The van der Waals surface area contributed by atoms with Gasteiger partial charge in [0, 0.05) is 23.7 Å². The van der Waals surface area contributed by atoms with Crippen molar-refractivity contribution in [3.8, 4) is 17.4 Å². The largest absolute Gasteiger partial charge is 0.487 e. The van der Waals surface area contributed by atoms with Crippen LogP contribution < -0.4 is 14.8 Å². The Morgan fingerprint density at radius 1 is 1.23 bits per heavy atom. The van der Waals surface area contributed by atoms with Crippen LogP contribution in [0.1, 0.15) is 43.3 Å². The predicted octanol–water partition coefficient (Wildman–Crippen LogP) is 3.08. The van der Waals surface area contributed by atoms with E-state index in [1.807, 2.05) is 58.0 Å². The smallest absolute Gasteiger partial charge is 0.258 e. The number of aryl methyl sites for hydroxylation is 2. The quantitative estimate of drug-likeness (QED) is 0.699. The van der Waals surface area contributed by atoms with Gasteiger partial charge in [0.05, 0.1) is 11.7 Å². The molecular formula is C22H25N5O3. The van der Waals surface area contributed by atoms with Gasteiger partial charge in [-0.1, -0.05) is 18.2 Å². The van der Waals surface area contributed by atoms with Gasteiger partial charge in [-0.05, 0) is 45.9 Å². The molecule has 3 aromatic rings. The summed E-state index contributed by atoms with van der Waals surface area (Å²) in [6.07, 6.45) is 0.674. The van der Waals surface area contributed by atoms with Crippen LogP contribution in [-0.2, 0) is 4.79 Å². The number of hydrogen-bond donors (Lipinski definition) is 1. The van der Waals surface area contributed by atoms with Gasteiger partial charge in [0.15, 0.2) is 12.4 Å². The standard InChI is InChI=1S/C22H25N5O3/c1-14-11-15(2)27(26-14)19-9-10-21(25-24-19)29-13-20(28)23-17-12-22(3,4)30-18-8-6-5-7-16(17)18/h5-11,17H,12-13H2,1-4H3,(H,23,28)/t17-/m1/s1. The topological polar surface area (TPSA) is 91.2 Å². The molecular weight excluding hydrogens is 382 g/mol. The molecule has 0 saturated heterocycles. The molecule has 8 heteroatoms. The third kappa shape index (κ3) is 4.27. The highest BCUT2D eigenvalue weighted by Crippen LogP contribution is 2.39. The normalized spacial score (nSPS) is 17.0. The van der Waals surface area contributed by atoms with Gasteiger partial charge in [0.2, 0.25) is 5.88 Å². The summed E-state index contributed by atoms with van der Waals surface area (Å²) in [4.78, 5) is 12.5. The van der Waals surface area contributed by atoms with Crippen molar-refractivity contribution in [1.29, 1.82) is 0 Å². The van der Waals surface area contributed by atoms with E-state index in [0.717, 1.165) is 22.7 Å². The second-order valence-corrected chi connectivity index (χ2v) is 8.08. The fourth-order valence-corrected chi connectivity index (χ4v) is 3.67. The van der Waals surface area contributed by atoms with Crippen molar-refractivity contribution in [2.24, 2.45) is 0 Å². The number of amides is 1. The van der Waals surface area contributed by atoms with E-state index in [4.69, 9.17) is 9.47 Å². The first-order valence-electron chi connectivity index (χ1n) is 9.88. The fraction of sp³-hybridized carbons (Fsp3) is 0.364. The second kappa shape index (κ2) is 7.78. The summed E-state index contributed by atoms with van der Waals surface area (Å²) in [6.45, 7) is 7.75. The summed E-state index contributed by atoms with van der Waals surface area (Å²) < 4.78 is 13.3. The zero-order valence-corrected chi connectivity index (χ0v) is 17.5. The Bertz CT molecular complexity index is 1060. The molecule has 2 aromatic heterocycles. The molecule has 0 spiro atoms. The number of para-hydroxylation sites is 1. The lowest BCUT2D eigenvalue weighted by atomic mass is 9.90. The molecule has 1 atom stereocenters. The van der Waals surface area contributed by atoms with E-state index in [-0.39, 0.29) is 30.0 Å². The molecule has 1 aromatic carbocycles. The molecule has 1 N–H and O–H groups in total. The minimum absolute atomic E-state index is 0.138. The lowest BCUT2D eigenvalue weighted by molar-refractivity contribution is -0.124. The van der Waals surface area contributed by atoms with Crippen LogP contribution >= 0.6 is 0 Å². The van der Waals surface area contributed by atoms with Gasteiger partial charge in [-0.2, -0.15) is 5.10 Å². The molecule has 1 amide bonds. The minimum Gasteiger partial charge on any atom is -0.487 e. The first kappa shape index (κ1) is 19.9. The van der Waals surface area contributed by atoms with Gasteiger partial charge in [0.25, 0.3) is 5.91 Å². The van der Waals surface area contributed by atoms with E-state index < -0.39 is 0 Å². The number of aromatic nitrogens is 4. The van der Waals surface area contributed by atoms with Gasteiger partial charge in [0.1, 0.15) is 11.4 Å². The number of fused-ring (bicyclic) bond motifs is 1. The maximum atomic E-state index is 12.5. The fourth-order valence-electron chi connectivity index (χ4n) is 3.67. The van der Waals surface area contributed by atoms with Crippen LogP contribution in [0.15, 0.2) is 42.5 Å². The number of nitrogens with zero attached hydrogens (tertiary/aromatic N) is 4. The molecule has 0 aliphatic carbocycles. The van der Waals surface area contributed by atoms with Crippen LogP contribution in [0, 0.1) is 13.8 Å². The molecule has 0 saturated carbocycles. The second-order valence-electron chi connectivity index (χ2n) is 8.08. The zero-order chi connectivity index (χ0) is 21.3. The Hall–Kier alpha value is -3.42. The highest BCUT2D eigenvalue weighted by molar-refractivity contribution is 5.78. The van der Waals surface area contributed by atoms with Crippen LogP contribution in [0.25, 0.3) is 5.82 Å². The van der Waals surface area contributed by atoms with Crippen molar-refractivity contribution in [3.05, 3.63) is 59.4 Å². The van der Waals surface area contributed by atoms with Crippen LogP contribution in [0.4, 0.5) is 0 Å². The molecule has 1 aliphatic rings. The van der Waals surface area contributed by atoms with Crippen LogP contribution in [-0.4, -0.2) is 38.1 Å². The van der Waals surface area contributed by atoms with E-state index >= 15 is 0 Å². The maximum Gasteiger partial charge on any atom is 0.258 e. The average Bonchev–Trinajstić information content (AvgIpc) is 3.04. The van der Waals surface area contributed by atoms with E-state index in [9.17, 15) is 4.79 Å². The lowest BCUT2D eigenvalue weighted by Crippen LogP contribution is -2.42. The van der Waals surface area contributed by atoms with E-state index in [2.05, 4.69) is 20.6 Å². The van der Waals surface area contributed by atoms with Crippen molar-refractivity contribution in [2.45, 2.75) is 45.8 Å². The van der Waals surface area contributed by atoms with Crippen molar-refractivity contribution in [3.63, 3.8) is 0 Å². The monoisotopic (exact) mass is 407 g/mol. The number of rotatable bonds is 5. The highest BCUT2D eigenvalue weighted by atomic mass is 16.5. The zero-order valence-electron chi connectivity index (χ0n) is 17.5. The summed E-state index contributed by atoms with van der Waals surface area (Å²) in [5.74, 6) is 1.45. The number of hydrogen-bond acceptors (Lipinski definition) is 6. The van der Waals surface area contributed by atoms with Gasteiger partial charge in [-0.3, -0.25) is 4.79 Å². The Morgan fingerprint density at radius 2 is 2.03 bits per heavy atom. The molecule has 8 nitrogen and oxygen atoms in total. The summed E-state index contributed by atoms with van der Waals surface area (Å²) in [5.41, 5.74) is 2.48. The van der Waals surface area contributed by atoms with E-state index in [0.29, 0.717) is 12.2 Å². The molecule has 156 valence electrons. The third-order valence-corrected chi connectivity index (χ3v) is 4.92.